The highest BCUT2D eigenvalue weighted by atomic mass is 15.0. The Balaban J connectivity index is 2.27. The van der Waals surface area contributed by atoms with Gasteiger partial charge in [-0.3, -0.25) is 5.41 Å². The molecule has 76 valence electrons. The Morgan fingerprint density at radius 3 is 3.00 bits per heavy atom. The quantitative estimate of drug-likeness (QED) is 0.569. The van der Waals surface area contributed by atoms with Crippen LogP contribution in [0, 0.1) is 5.41 Å². The Morgan fingerprint density at radius 1 is 1.53 bits per heavy atom. The molecule has 0 spiro atoms. The Bertz CT molecular complexity index is 537. The molecule has 2 heterocycles. The van der Waals surface area contributed by atoms with E-state index in [1.54, 1.807) is 0 Å². The molecule has 0 amide bonds. The molecule has 1 fully saturated rings. The van der Waals surface area contributed by atoms with Gasteiger partial charge < -0.3 is 10.1 Å². The molecular formula is C11H12N4. The molecule has 4 nitrogen and oxygen atoms in total. The van der Waals surface area contributed by atoms with Crippen molar-refractivity contribution in [3.05, 3.63) is 35.9 Å². The Morgan fingerprint density at radius 2 is 2.33 bits per heavy atom. The molecule has 0 saturated heterocycles. The number of imidazole rings is 1. The highest BCUT2D eigenvalue weighted by Crippen LogP contribution is 2.39. The lowest BCUT2D eigenvalue weighted by atomic mass is 10.2. The van der Waals surface area contributed by atoms with Crippen LogP contribution in [-0.4, -0.2) is 15.2 Å². The van der Waals surface area contributed by atoms with Crippen LogP contribution in [0.2, 0.25) is 0 Å². The lowest BCUT2D eigenvalue weighted by molar-refractivity contribution is 0.920. The second kappa shape index (κ2) is 2.82. The Hall–Kier alpha value is -1.84. The Kier molecular flexibility index (Phi) is 1.59. The summed E-state index contributed by atoms with van der Waals surface area (Å²) in [6.07, 6.45) is 6.25. The van der Waals surface area contributed by atoms with E-state index in [1.165, 1.54) is 12.8 Å². The van der Waals surface area contributed by atoms with Crippen molar-refractivity contribution in [2.24, 2.45) is 5.73 Å². The summed E-state index contributed by atoms with van der Waals surface area (Å²) in [5.74, 6) is 1.81. The first kappa shape index (κ1) is 8.47. The number of nitrogens with zero attached hydrogens (tertiary/aromatic N) is 2. The maximum Gasteiger partial charge on any atom is 0.124 e. The number of amidine groups is 1. The number of hydrogen-bond acceptors (Lipinski definition) is 2. The van der Waals surface area contributed by atoms with Crippen molar-refractivity contribution in [3.63, 3.8) is 0 Å². The van der Waals surface area contributed by atoms with E-state index in [9.17, 15) is 0 Å². The molecule has 1 saturated carbocycles. The zero-order valence-electron chi connectivity index (χ0n) is 8.27. The maximum atomic E-state index is 7.49. The maximum absolute atomic E-state index is 7.49. The standard InChI is InChI=1S/C11H12N4/c12-10(13)8-2-1-5-15-9(8)6-14-11(15)7-3-4-7/h1-2,5-7H,3-4H2,(H3,12,13). The molecule has 0 aliphatic heterocycles. The van der Waals surface area contributed by atoms with Crippen LogP contribution < -0.4 is 5.73 Å². The summed E-state index contributed by atoms with van der Waals surface area (Å²) in [5.41, 5.74) is 7.22. The summed E-state index contributed by atoms with van der Waals surface area (Å²) >= 11 is 0. The summed E-state index contributed by atoms with van der Waals surface area (Å²) < 4.78 is 2.05. The highest BCUT2D eigenvalue weighted by molar-refractivity contribution is 6.01. The number of aromatic nitrogens is 2. The van der Waals surface area contributed by atoms with Gasteiger partial charge in [-0.15, -0.1) is 0 Å². The van der Waals surface area contributed by atoms with Gasteiger partial charge in [-0.25, -0.2) is 4.98 Å². The number of rotatable bonds is 2. The minimum Gasteiger partial charge on any atom is -0.384 e. The van der Waals surface area contributed by atoms with Gasteiger partial charge in [0.2, 0.25) is 0 Å². The fourth-order valence-corrected chi connectivity index (χ4v) is 1.91. The lowest BCUT2D eigenvalue weighted by Gasteiger charge is -2.03. The van der Waals surface area contributed by atoms with E-state index in [0.29, 0.717) is 5.92 Å². The number of fused-ring (bicyclic) bond motifs is 1. The number of nitrogens with one attached hydrogen (secondary N) is 1. The average Bonchev–Trinajstić information content (AvgIpc) is 2.97. The molecule has 3 N–H and O–H groups in total. The molecule has 0 atom stereocenters. The van der Waals surface area contributed by atoms with E-state index < -0.39 is 0 Å². The van der Waals surface area contributed by atoms with Gasteiger partial charge in [0.15, 0.2) is 0 Å². The molecule has 2 aromatic heterocycles. The van der Waals surface area contributed by atoms with Gasteiger partial charge in [0, 0.05) is 17.7 Å². The third-order valence-corrected chi connectivity index (χ3v) is 2.83. The largest absolute Gasteiger partial charge is 0.384 e. The van der Waals surface area contributed by atoms with Crippen LogP contribution in [0.5, 0.6) is 0 Å². The fraction of sp³-hybridized carbons (Fsp3) is 0.273. The summed E-state index contributed by atoms with van der Waals surface area (Å²) in [6, 6.07) is 3.77. The molecule has 0 bridgehead atoms. The minimum atomic E-state index is 0.0999. The molecule has 0 unspecified atom stereocenters. The first-order valence-electron chi connectivity index (χ1n) is 5.08. The van der Waals surface area contributed by atoms with Gasteiger partial charge >= 0.3 is 0 Å². The molecule has 3 rings (SSSR count). The topological polar surface area (TPSA) is 67.2 Å². The van der Waals surface area contributed by atoms with Crippen LogP contribution in [0.4, 0.5) is 0 Å². The van der Waals surface area contributed by atoms with Crippen molar-refractivity contribution in [3.8, 4) is 0 Å². The van der Waals surface area contributed by atoms with Gasteiger partial charge in [-0.2, -0.15) is 0 Å². The van der Waals surface area contributed by atoms with Crippen molar-refractivity contribution in [1.29, 1.82) is 5.41 Å². The summed E-state index contributed by atoms with van der Waals surface area (Å²) in [5, 5.41) is 7.49. The predicted molar refractivity (Wildman–Crippen MR) is 58.2 cm³/mol. The van der Waals surface area contributed by atoms with E-state index in [1.807, 2.05) is 24.5 Å². The minimum absolute atomic E-state index is 0.0999. The molecular weight excluding hydrogens is 188 g/mol. The van der Waals surface area contributed by atoms with Crippen LogP contribution >= 0.6 is 0 Å². The molecule has 15 heavy (non-hydrogen) atoms. The normalized spacial score (nSPS) is 15.7. The van der Waals surface area contributed by atoms with Crippen LogP contribution in [0.15, 0.2) is 24.5 Å². The van der Waals surface area contributed by atoms with Gasteiger partial charge in [-0.05, 0) is 25.0 Å². The lowest BCUT2D eigenvalue weighted by Crippen LogP contribution is -2.12. The number of nitrogen functional groups attached to an aromatic ring is 1. The van der Waals surface area contributed by atoms with E-state index >= 15 is 0 Å². The predicted octanol–water partition coefficient (Wildman–Crippen LogP) is 1.50. The first-order valence-corrected chi connectivity index (χ1v) is 5.08. The van der Waals surface area contributed by atoms with Gasteiger partial charge in [0.25, 0.3) is 0 Å². The molecule has 2 aromatic rings. The fourth-order valence-electron chi connectivity index (χ4n) is 1.91. The number of pyridine rings is 1. The molecule has 4 heteroatoms. The van der Waals surface area contributed by atoms with Gasteiger partial charge in [0.05, 0.1) is 11.7 Å². The third kappa shape index (κ3) is 1.21. The molecule has 1 aliphatic carbocycles. The smallest absolute Gasteiger partial charge is 0.124 e. The summed E-state index contributed by atoms with van der Waals surface area (Å²) in [7, 11) is 0. The first-order chi connectivity index (χ1) is 7.27. The zero-order valence-corrected chi connectivity index (χ0v) is 8.27. The van der Waals surface area contributed by atoms with Crippen molar-refractivity contribution in [1.82, 2.24) is 9.38 Å². The van der Waals surface area contributed by atoms with Crippen molar-refractivity contribution < 1.29 is 0 Å². The second-order valence-electron chi connectivity index (χ2n) is 3.98. The highest BCUT2D eigenvalue weighted by Gasteiger charge is 2.28. The average molecular weight is 200 g/mol. The second-order valence-corrected chi connectivity index (χ2v) is 3.98. The van der Waals surface area contributed by atoms with Crippen molar-refractivity contribution >= 4 is 11.4 Å². The zero-order chi connectivity index (χ0) is 10.4. The molecule has 1 aliphatic rings. The third-order valence-electron chi connectivity index (χ3n) is 2.83. The number of nitrogens with two attached hydrogens (primary N) is 1. The number of hydrogen-bond donors (Lipinski definition) is 2. The van der Waals surface area contributed by atoms with E-state index in [2.05, 4.69) is 9.38 Å². The molecule has 0 radical (unpaired) electrons. The van der Waals surface area contributed by atoms with E-state index in [-0.39, 0.29) is 5.84 Å². The van der Waals surface area contributed by atoms with E-state index in [0.717, 1.165) is 16.9 Å². The van der Waals surface area contributed by atoms with Gasteiger partial charge in [0.1, 0.15) is 11.7 Å². The monoisotopic (exact) mass is 200 g/mol. The molecule has 0 aromatic carbocycles. The van der Waals surface area contributed by atoms with E-state index in [4.69, 9.17) is 11.1 Å². The SMILES string of the molecule is N=C(N)c1cccn2c(C3CC3)ncc12. The van der Waals surface area contributed by atoms with Crippen LogP contribution in [-0.2, 0) is 0 Å². The summed E-state index contributed by atoms with van der Waals surface area (Å²) in [4.78, 5) is 4.41. The van der Waals surface area contributed by atoms with Gasteiger partial charge in [-0.1, -0.05) is 0 Å². The van der Waals surface area contributed by atoms with Crippen LogP contribution in [0.1, 0.15) is 30.1 Å². The van der Waals surface area contributed by atoms with Crippen LogP contribution in [0.3, 0.4) is 0 Å². The van der Waals surface area contributed by atoms with Crippen molar-refractivity contribution in [2.75, 3.05) is 0 Å². The summed E-state index contributed by atoms with van der Waals surface area (Å²) in [6.45, 7) is 0. The van der Waals surface area contributed by atoms with Crippen LogP contribution in [0.25, 0.3) is 5.52 Å². The Labute approximate surface area is 87.2 Å². The van der Waals surface area contributed by atoms with Crippen molar-refractivity contribution in [2.45, 2.75) is 18.8 Å².